The molecule has 0 aliphatic heterocycles. The van der Waals surface area contributed by atoms with Crippen LogP contribution in [0.15, 0.2) is 28.9 Å². The molecule has 0 spiro atoms. The lowest BCUT2D eigenvalue weighted by atomic mass is 10.1. The van der Waals surface area contributed by atoms with Gasteiger partial charge >= 0.3 is 5.97 Å². The number of nitrogens with zero attached hydrogens (tertiary/aromatic N) is 3. The van der Waals surface area contributed by atoms with Gasteiger partial charge < -0.3 is 14.9 Å². The summed E-state index contributed by atoms with van der Waals surface area (Å²) in [4.78, 5) is 31.1. The van der Waals surface area contributed by atoms with E-state index in [2.05, 4.69) is 20.4 Å². The highest BCUT2D eigenvalue weighted by Crippen LogP contribution is 2.12. The zero-order valence-corrected chi connectivity index (χ0v) is 12.7. The van der Waals surface area contributed by atoms with Gasteiger partial charge in [0.1, 0.15) is 11.7 Å². The summed E-state index contributed by atoms with van der Waals surface area (Å²) >= 11 is 0. The number of pyridine rings is 1. The van der Waals surface area contributed by atoms with Gasteiger partial charge in [-0.1, -0.05) is 24.6 Å². The maximum atomic E-state index is 11.8. The molecule has 0 aliphatic carbocycles. The summed E-state index contributed by atoms with van der Waals surface area (Å²) in [6.45, 7) is 1.86. The summed E-state index contributed by atoms with van der Waals surface area (Å²) in [6, 6.07) is 4.48. The van der Waals surface area contributed by atoms with Gasteiger partial charge in [0.2, 0.25) is 17.6 Å². The Hall–Kier alpha value is -2.77. The molecule has 122 valence electrons. The normalized spacial score (nSPS) is 11.9. The third-order valence-corrected chi connectivity index (χ3v) is 3.14. The Morgan fingerprint density at radius 3 is 2.87 bits per heavy atom. The van der Waals surface area contributed by atoms with Crippen LogP contribution in [0.4, 0.5) is 0 Å². The highest BCUT2D eigenvalue weighted by atomic mass is 16.5. The summed E-state index contributed by atoms with van der Waals surface area (Å²) in [5.74, 6) is -0.725. The van der Waals surface area contributed by atoms with Gasteiger partial charge in [-0.05, 0) is 18.6 Å². The topological polar surface area (TPSA) is 118 Å². The summed E-state index contributed by atoms with van der Waals surface area (Å²) in [6.07, 6.45) is 3.01. The first-order valence-corrected chi connectivity index (χ1v) is 7.36. The van der Waals surface area contributed by atoms with Crippen LogP contribution in [0, 0.1) is 0 Å². The number of carboxylic acid groups (broad SMARTS) is 1. The molecule has 0 bridgehead atoms. The van der Waals surface area contributed by atoms with Crippen LogP contribution in [0.3, 0.4) is 0 Å². The van der Waals surface area contributed by atoms with Crippen molar-refractivity contribution in [1.29, 1.82) is 0 Å². The van der Waals surface area contributed by atoms with Crippen molar-refractivity contribution in [2.45, 2.75) is 38.6 Å². The molecule has 2 heterocycles. The Labute approximate surface area is 132 Å². The molecule has 23 heavy (non-hydrogen) atoms. The monoisotopic (exact) mass is 318 g/mol. The predicted molar refractivity (Wildman–Crippen MR) is 80.3 cm³/mol. The zero-order valence-electron chi connectivity index (χ0n) is 12.7. The first kappa shape index (κ1) is 16.6. The van der Waals surface area contributed by atoms with E-state index < -0.39 is 12.0 Å². The molecule has 0 fully saturated rings. The first-order chi connectivity index (χ1) is 11.1. The van der Waals surface area contributed by atoms with Crippen LogP contribution in [0.2, 0.25) is 0 Å². The molecular weight excluding hydrogens is 300 g/mol. The van der Waals surface area contributed by atoms with Gasteiger partial charge in [0.15, 0.2) is 0 Å². The average Bonchev–Trinajstić information content (AvgIpc) is 3.02. The fraction of sp³-hybridized carbons (Fsp3) is 0.400. The number of hydrogen-bond acceptors (Lipinski definition) is 6. The predicted octanol–water partition coefficient (Wildman–Crippen LogP) is 1.43. The maximum Gasteiger partial charge on any atom is 0.326 e. The summed E-state index contributed by atoms with van der Waals surface area (Å²) in [5, 5.41) is 15.3. The van der Waals surface area contributed by atoms with E-state index in [4.69, 9.17) is 9.63 Å². The van der Waals surface area contributed by atoms with Gasteiger partial charge in [-0.2, -0.15) is 4.98 Å². The third-order valence-electron chi connectivity index (χ3n) is 3.14. The van der Waals surface area contributed by atoms with Crippen molar-refractivity contribution < 1.29 is 19.2 Å². The van der Waals surface area contributed by atoms with E-state index in [0.29, 0.717) is 30.3 Å². The molecule has 0 radical (unpaired) electrons. The number of hydrogen-bond donors (Lipinski definition) is 2. The van der Waals surface area contributed by atoms with Gasteiger partial charge in [-0.25, -0.2) is 4.79 Å². The molecule has 1 amide bonds. The SMILES string of the molecule is CCCC(NC(=O)CCc1nc(-c2ccccn2)no1)C(=O)O. The van der Waals surface area contributed by atoms with E-state index in [-0.39, 0.29) is 18.7 Å². The number of carboxylic acids is 1. The number of carbonyl (C=O) groups excluding carboxylic acids is 1. The van der Waals surface area contributed by atoms with Gasteiger partial charge in [0.25, 0.3) is 0 Å². The Balaban J connectivity index is 1.87. The molecule has 1 unspecified atom stereocenters. The van der Waals surface area contributed by atoms with Crippen molar-refractivity contribution in [2.75, 3.05) is 0 Å². The first-order valence-electron chi connectivity index (χ1n) is 7.36. The number of aryl methyl sites for hydroxylation is 1. The van der Waals surface area contributed by atoms with Crippen molar-refractivity contribution in [3.05, 3.63) is 30.3 Å². The van der Waals surface area contributed by atoms with E-state index in [0.717, 1.165) is 0 Å². The van der Waals surface area contributed by atoms with Gasteiger partial charge in [0, 0.05) is 19.0 Å². The lowest BCUT2D eigenvalue weighted by Crippen LogP contribution is -2.40. The van der Waals surface area contributed by atoms with E-state index in [1.54, 1.807) is 18.3 Å². The lowest BCUT2D eigenvalue weighted by Gasteiger charge is -2.12. The minimum atomic E-state index is -1.03. The van der Waals surface area contributed by atoms with Crippen molar-refractivity contribution in [1.82, 2.24) is 20.4 Å². The van der Waals surface area contributed by atoms with Crippen LogP contribution in [-0.2, 0) is 16.0 Å². The molecule has 2 rings (SSSR count). The van der Waals surface area contributed by atoms with Crippen LogP contribution in [0.5, 0.6) is 0 Å². The van der Waals surface area contributed by atoms with Crippen molar-refractivity contribution in [3.63, 3.8) is 0 Å². The molecule has 2 aromatic rings. The Kier molecular flexibility index (Phi) is 5.79. The highest BCUT2D eigenvalue weighted by molar-refractivity contribution is 5.83. The number of aliphatic carboxylic acids is 1. The average molecular weight is 318 g/mol. The highest BCUT2D eigenvalue weighted by Gasteiger charge is 2.19. The van der Waals surface area contributed by atoms with E-state index in [1.165, 1.54) is 0 Å². The fourth-order valence-corrected chi connectivity index (χ4v) is 1.99. The Bertz CT molecular complexity index is 657. The molecular formula is C15H18N4O4. The van der Waals surface area contributed by atoms with Gasteiger partial charge in [0.05, 0.1) is 0 Å². The quantitative estimate of drug-likeness (QED) is 0.755. The van der Waals surface area contributed by atoms with Crippen molar-refractivity contribution >= 4 is 11.9 Å². The minimum Gasteiger partial charge on any atom is -0.480 e. The fourth-order valence-electron chi connectivity index (χ4n) is 1.99. The molecule has 2 aromatic heterocycles. The molecule has 0 saturated heterocycles. The standard InChI is InChI=1S/C15H18N4O4/c1-2-5-11(15(21)22)17-12(20)7-8-13-18-14(19-23-13)10-6-3-4-9-16-10/h3-4,6,9,11H,2,5,7-8H2,1H3,(H,17,20)(H,21,22). The lowest BCUT2D eigenvalue weighted by molar-refractivity contribution is -0.142. The van der Waals surface area contributed by atoms with Crippen LogP contribution in [0.1, 0.15) is 32.1 Å². The molecule has 0 aliphatic rings. The largest absolute Gasteiger partial charge is 0.480 e. The minimum absolute atomic E-state index is 0.0807. The number of rotatable bonds is 8. The maximum absolute atomic E-state index is 11.8. The Morgan fingerprint density at radius 1 is 1.39 bits per heavy atom. The van der Waals surface area contributed by atoms with Crippen LogP contribution in [-0.4, -0.2) is 38.1 Å². The third kappa shape index (κ3) is 4.87. The van der Waals surface area contributed by atoms with Crippen LogP contribution in [0.25, 0.3) is 11.5 Å². The summed E-state index contributed by atoms with van der Waals surface area (Å²) in [5.41, 5.74) is 0.584. The van der Waals surface area contributed by atoms with E-state index in [9.17, 15) is 9.59 Å². The number of carbonyl (C=O) groups is 2. The van der Waals surface area contributed by atoms with Gasteiger partial charge in [-0.3, -0.25) is 9.78 Å². The second-order valence-electron chi connectivity index (χ2n) is 4.97. The summed E-state index contributed by atoms with van der Waals surface area (Å²) in [7, 11) is 0. The molecule has 0 aromatic carbocycles. The molecule has 0 saturated carbocycles. The summed E-state index contributed by atoms with van der Waals surface area (Å²) < 4.78 is 5.07. The van der Waals surface area contributed by atoms with E-state index in [1.807, 2.05) is 13.0 Å². The molecule has 1 atom stereocenters. The second-order valence-corrected chi connectivity index (χ2v) is 4.97. The number of aromatic nitrogens is 3. The molecule has 8 heteroatoms. The van der Waals surface area contributed by atoms with Crippen LogP contribution >= 0.6 is 0 Å². The second kappa shape index (κ2) is 8.02. The zero-order chi connectivity index (χ0) is 16.7. The Morgan fingerprint density at radius 2 is 2.22 bits per heavy atom. The molecule has 2 N–H and O–H groups in total. The van der Waals surface area contributed by atoms with Gasteiger partial charge in [-0.15, -0.1) is 0 Å². The van der Waals surface area contributed by atoms with Crippen LogP contribution < -0.4 is 5.32 Å². The smallest absolute Gasteiger partial charge is 0.326 e. The molecule has 8 nitrogen and oxygen atoms in total. The number of amides is 1. The van der Waals surface area contributed by atoms with E-state index >= 15 is 0 Å². The van der Waals surface area contributed by atoms with Crippen molar-refractivity contribution in [2.24, 2.45) is 0 Å². The van der Waals surface area contributed by atoms with Crippen molar-refractivity contribution in [3.8, 4) is 11.5 Å². The number of nitrogens with one attached hydrogen (secondary N) is 1.